The SMILES string of the molecule is CNCC(C)C(=O)N(Cc1ccc(F)cc1)C1CC1. The summed E-state index contributed by atoms with van der Waals surface area (Å²) in [4.78, 5) is 14.3. The lowest BCUT2D eigenvalue weighted by Crippen LogP contribution is -2.39. The number of carbonyl (C=O) groups is 1. The molecule has 1 unspecified atom stereocenters. The lowest BCUT2D eigenvalue weighted by molar-refractivity contribution is -0.136. The lowest BCUT2D eigenvalue weighted by Gasteiger charge is -2.26. The van der Waals surface area contributed by atoms with Gasteiger partial charge in [-0.1, -0.05) is 19.1 Å². The van der Waals surface area contributed by atoms with Gasteiger partial charge in [-0.2, -0.15) is 0 Å². The summed E-state index contributed by atoms with van der Waals surface area (Å²) in [7, 11) is 1.85. The number of halogens is 1. The standard InChI is InChI=1S/C15H21FN2O/c1-11(9-17-2)15(19)18(14-7-8-14)10-12-3-5-13(16)6-4-12/h3-6,11,14,17H,7-10H2,1-2H3. The molecular formula is C15H21FN2O. The van der Waals surface area contributed by atoms with Crippen molar-refractivity contribution in [3.8, 4) is 0 Å². The Balaban J connectivity index is 2.04. The van der Waals surface area contributed by atoms with Gasteiger partial charge in [-0.15, -0.1) is 0 Å². The highest BCUT2D eigenvalue weighted by Gasteiger charge is 2.34. The predicted octanol–water partition coefficient (Wildman–Crippen LogP) is 2.17. The molecular weight excluding hydrogens is 243 g/mol. The van der Waals surface area contributed by atoms with Crippen molar-refractivity contribution in [3.63, 3.8) is 0 Å². The topological polar surface area (TPSA) is 32.3 Å². The second-order valence-corrected chi connectivity index (χ2v) is 5.28. The van der Waals surface area contributed by atoms with Crippen LogP contribution in [0.15, 0.2) is 24.3 Å². The molecule has 0 radical (unpaired) electrons. The van der Waals surface area contributed by atoms with E-state index in [1.54, 1.807) is 12.1 Å². The lowest BCUT2D eigenvalue weighted by atomic mass is 10.1. The molecule has 4 heteroatoms. The summed E-state index contributed by atoms with van der Waals surface area (Å²) in [6, 6.07) is 6.77. The van der Waals surface area contributed by atoms with Gasteiger partial charge in [0.2, 0.25) is 5.91 Å². The fourth-order valence-corrected chi connectivity index (χ4v) is 2.24. The van der Waals surface area contributed by atoms with Crippen molar-refractivity contribution >= 4 is 5.91 Å². The average Bonchev–Trinajstić information content (AvgIpc) is 3.22. The summed E-state index contributed by atoms with van der Waals surface area (Å²) in [5.41, 5.74) is 0.985. The van der Waals surface area contributed by atoms with Gasteiger partial charge in [-0.05, 0) is 37.6 Å². The van der Waals surface area contributed by atoms with E-state index in [1.807, 2.05) is 18.9 Å². The van der Waals surface area contributed by atoms with Gasteiger partial charge >= 0.3 is 0 Å². The summed E-state index contributed by atoms with van der Waals surface area (Å²) >= 11 is 0. The molecule has 0 spiro atoms. The van der Waals surface area contributed by atoms with E-state index >= 15 is 0 Å². The second-order valence-electron chi connectivity index (χ2n) is 5.28. The molecule has 1 saturated carbocycles. The van der Waals surface area contributed by atoms with E-state index in [2.05, 4.69) is 5.32 Å². The maximum atomic E-state index is 12.9. The Labute approximate surface area is 113 Å². The van der Waals surface area contributed by atoms with Crippen LogP contribution in [-0.4, -0.2) is 30.4 Å². The maximum absolute atomic E-state index is 12.9. The van der Waals surface area contributed by atoms with E-state index in [9.17, 15) is 9.18 Å². The van der Waals surface area contributed by atoms with Crippen molar-refractivity contribution in [2.24, 2.45) is 5.92 Å². The smallest absolute Gasteiger partial charge is 0.227 e. The largest absolute Gasteiger partial charge is 0.335 e. The molecule has 0 bridgehead atoms. The molecule has 1 aromatic carbocycles. The van der Waals surface area contributed by atoms with Crippen molar-refractivity contribution < 1.29 is 9.18 Å². The molecule has 1 aromatic rings. The highest BCUT2D eigenvalue weighted by molar-refractivity contribution is 5.79. The number of hydrogen-bond donors (Lipinski definition) is 1. The van der Waals surface area contributed by atoms with Crippen LogP contribution in [0.4, 0.5) is 4.39 Å². The van der Waals surface area contributed by atoms with Crippen molar-refractivity contribution in [3.05, 3.63) is 35.6 Å². The molecule has 1 aliphatic rings. The molecule has 1 atom stereocenters. The number of carbonyl (C=O) groups excluding carboxylic acids is 1. The van der Waals surface area contributed by atoms with Crippen LogP contribution in [0.25, 0.3) is 0 Å². The monoisotopic (exact) mass is 264 g/mol. The van der Waals surface area contributed by atoms with Gasteiger partial charge in [0.1, 0.15) is 5.82 Å². The molecule has 0 aliphatic heterocycles. The molecule has 2 rings (SSSR count). The number of amides is 1. The zero-order valence-electron chi connectivity index (χ0n) is 11.5. The Morgan fingerprint density at radius 1 is 1.42 bits per heavy atom. The highest BCUT2D eigenvalue weighted by atomic mass is 19.1. The number of nitrogens with zero attached hydrogens (tertiary/aromatic N) is 1. The minimum Gasteiger partial charge on any atom is -0.335 e. The van der Waals surface area contributed by atoms with Gasteiger partial charge in [-0.3, -0.25) is 4.79 Å². The number of rotatable bonds is 6. The summed E-state index contributed by atoms with van der Waals surface area (Å²) < 4.78 is 12.9. The van der Waals surface area contributed by atoms with Gasteiger partial charge in [0, 0.05) is 25.0 Å². The number of nitrogens with one attached hydrogen (secondary N) is 1. The zero-order chi connectivity index (χ0) is 13.8. The van der Waals surface area contributed by atoms with Crippen LogP contribution in [0.5, 0.6) is 0 Å². The molecule has 1 N–H and O–H groups in total. The van der Waals surface area contributed by atoms with E-state index in [1.165, 1.54) is 12.1 Å². The average molecular weight is 264 g/mol. The first-order valence-electron chi connectivity index (χ1n) is 6.81. The van der Waals surface area contributed by atoms with Gasteiger partial charge in [0.05, 0.1) is 0 Å². The Kier molecular flexibility index (Phi) is 4.53. The van der Waals surface area contributed by atoms with Crippen molar-refractivity contribution in [1.29, 1.82) is 0 Å². The van der Waals surface area contributed by atoms with Gasteiger partial charge in [-0.25, -0.2) is 4.39 Å². The van der Waals surface area contributed by atoms with Crippen LogP contribution in [0.3, 0.4) is 0 Å². The molecule has 3 nitrogen and oxygen atoms in total. The highest BCUT2D eigenvalue weighted by Crippen LogP contribution is 2.29. The predicted molar refractivity (Wildman–Crippen MR) is 73.1 cm³/mol. The third-order valence-corrected chi connectivity index (χ3v) is 3.47. The molecule has 19 heavy (non-hydrogen) atoms. The number of hydrogen-bond acceptors (Lipinski definition) is 2. The van der Waals surface area contributed by atoms with Crippen LogP contribution < -0.4 is 5.32 Å². The Hall–Kier alpha value is -1.42. The Morgan fingerprint density at radius 2 is 2.05 bits per heavy atom. The summed E-state index contributed by atoms with van der Waals surface area (Å²) in [5, 5.41) is 3.04. The Bertz CT molecular complexity index is 428. The molecule has 0 saturated heterocycles. The normalized spacial score (nSPS) is 16.2. The van der Waals surface area contributed by atoms with E-state index in [4.69, 9.17) is 0 Å². The molecule has 1 fully saturated rings. The molecule has 1 aliphatic carbocycles. The van der Waals surface area contributed by atoms with Crippen molar-refractivity contribution in [1.82, 2.24) is 10.2 Å². The van der Waals surface area contributed by atoms with Gasteiger partial charge in [0.25, 0.3) is 0 Å². The number of benzene rings is 1. The summed E-state index contributed by atoms with van der Waals surface area (Å²) in [5.74, 6) is -0.0798. The fourth-order valence-electron chi connectivity index (χ4n) is 2.24. The first kappa shape index (κ1) is 14.0. The van der Waals surface area contributed by atoms with Crippen LogP contribution in [0, 0.1) is 11.7 Å². The fraction of sp³-hybridized carbons (Fsp3) is 0.533. The van der Waals surface area contributed by atoms with Gasteiger partial charge < -0.3 is 10.2 Å². The Morgan fingerprint density at radius 3 is 2.58 bits per heavy atom. The quantitative estimate of drug-likeness (QED) is 0.854. The first-order chi connectivity index (χ1) is 9.11. The van der Waals surface area contributed by atoms with E-state index < -0.39 is 0 Å². The molecule has 0 heterocycles. The van der Waals surface area contributed by atoms with E-state index in [-0.39, 0.29) is 17.6 Å². The third-order valence-electron chi connectivity index (χ3n) is 3.47. The third kappa shape index (κ3) is 3.77. The zero-order valence-corrected chi connectivity index (χ0v) is 11.5. The second kappa shape index (κ2) is 6.15. The maximum Gasteiger partial charge on any atom is 0.227 e. The molecule has 1 amide bonds. The van der Waals surface area contributed by atoms with Crippen LogP contribution in [0.2, 0.25) is 0 Å². The molecule has 0 aromatic heterocycles. The summed E-state index contributed by atoms with van der Waals surface area (Å²) in [6.45, 7) is 3.21. The van der Waals surface area contributed by atoms with Crippen LogP contribution >= 0.6 is 0 Å². The minimum atomic E-state index is -0.239. The van der Waals surface area contributed by atoms with Crippen molar-refractivity contribution in [2.45, 2.75) is 32.4 Å². The van der Waals surface area contributed by atoms with Crippen molar-refractivity contribution in [2.75, 3.05) is 13.6 Å². The van der Waals surface area contributed by atoms with Crippen LogP contribution in [-0.2, 0) is 11.3 Å². The van der Waals surface area contributed by atoms with E-state index in [0.29, 0.717) is 19.1 Å². The minimum absolute atomic E-state index is 0.0222. The molecule has 104 valence electrons. The van der Waals surface area contributed by atoms with Crippen LogP contribution in [0.1, 0.15) is 25.3 Å². The van der Waals surface area contributed by atoms with E-state index in [0.717, 1.165) is 18.4 Å². The summed E-state index contributed by atoms with van der Waals surface area (Å²) in [6.07, 6.45) is 2.17. The van der Waals surface area contributed by atoms with Gasteiger partial charge in [0.15, 0.2) is 0 Å². The first-order valence-corrected chi connectivity index (χ1v) is 6.81.